The number of ether oxygens (including phenoxy) is 2. The molecule has 8 heteroatoms. The third kappa shape index (κ3) is 16.1. The number of rotatable bonds is 24. The van der Waals surface area contributed by atoms with Crippen LogP contribution in [0.15, 0.2) is 121 Å². The standard InChI is InChI=1S/C44H58N4O4/c45-29-17-35-47(43(49)51-37-41-23-9-3-10-24-41)33-13-14-34-48(44(50)52-38-42-25-11-4-12-26-42)36-18-32-46(30-15-27-39-19-5-1-6-20-39)31-16-28-40-21-7-2-8-22-40/h1-12,19-26H,13-18,27-38,45H2. The number of hydrogen-bond acceptors (Lipinski definition) is 6. The number of amides is 2. The summed E-state index contributed by atoms with van der Waals surface area (Å²) < 4.78 is 11.4. The van der Waals surface area contributed by atoms with Gasteiger partial charge in [-0.1, -0.05) is 121 Å². The van der Waals surface area contributed by atoms with E-state index in [1.807, 2.05) is 65.6 Å². The maximum Gasteiger partial charge on any atom is 0.410 e. The van der Waals surface area contributed by atoms with Gasteiger partial charge in [0.05, 0.1) is 0 Å². The molecule has 52 heavy (non-hydrogen) atoms. The molecule has 0 saturated carbocycles. The molecule has 4 rings (SSSR count). The quantitative estimate of drug-likeness (QED) is 0.0738. The first-order valence-corrected chi connectivity index (χ1v) is 19.0. The summed E-state index contributed by atoms with van der Waals surface area (Å²) in [4.78, 5) is 32.5. The number of benzene rings is 4. The van der Waals surface area contributed by atoms with Crippen LogP contribution >= 0.6 is 0 Å². The van der Waals surface area contributed by atoms with Crippen LogP contribution in [0.25, 0.3) is 0 Å². The Balaban J connectivity index is 1.30. The topological polar surface area (TPSA) is 88.3 Å². The number of nitrogens with zero attached hydrogens (tertiary/aromatic N) is 3. The van der Waals surface area contributed by atoms with E-state index < -0.39 is 0 Å². The van der Waals surface area contributed by atoms with Crippen molar-refractivity contribution in [2.45, 2.75) is 64.6 Å². The maximum absolute atomic E-state index is 13.4. The van der Waals surface area contributed by atoms with Gasteiger partial charge in [-0.05, 0) is 99.8 Å². The summed E-state index contributed by atoms with van der Waals surface area (Å²) in [6.45, 7) is 6.15. The molecule has 2 N–H and O–H groups in total. The molecule has 8 nitrogen and oxygen atoms in total. The fraction of sp³-hybridized carbons (Fsp3) is 0.409. The predicted molar refractivity (Wildman–Crippen MR) is 210 cm³/mol. The van der Waals surface area contributed by atoms with E-state index in [-0.39, 0.29) is 25.4 Å². The van der Waals surface area contributed by atoms with Gasteiger partial charge >= 0.3 is 12.2 Å². The fourth-order valence-corrected chi connectivity index (χ4v) is 6.22. The second-order valence-corrected chi connectivity index (χ2v) is 13.3. The summed E-state index contributed by atoms with van der Waals surface area (Å²) in [7, 11) is 0. The molecule has 0 aromatic heterocycles. The monoisotopic (exact) mass is 706 g/mol. The molecule has 4 aromatic rings. The summed E-state index contributed by atoms with van der Waals surface area (Å²) >= 11 is 0. The van der Waals surface area contributed by atoms with Gasteiger partial charge in [-0.3, -0.25) is 0 Å². The van der Waals surface area contributed by atoms with E-state index >= 15 is 0 Å². The van der Waals surface area contributed by atoms with Gasteiger partial charge in [0.2, 0.25) is 0 Å². The lowest BCUT2D eigenvalue weighted by Crippen LogP contribution is -2.37. The molecule has 0 fully saturated rings. The van der Waals surface area contributed by atoms with Crippen LogP contribution in [0.5, 0.6) is 0 Å². The highest BCUT2D eigenvalue weighted by Crippen LogP contribution is 2.11. The molecule has 0 heterocycles. The molecule has 0 atom stereocenters. The molecule has 0 aliphatic carbocycles. The highest BCUT2D eigenvalue weighted by Gasteiger charge is 2.18. The Morgan fingerprint density at radius 3 is 1.17 bits per heavy atom. The van der Waals surface area contributed by atoms with Crippen LogP contribution < -0.4 is 5.73 Å². The average molecular weight is 707 g/mol. The molecule has 4 aromatic carbocycles. The first-order valence-electron chi connectivity index (χ1n) is 19.0. The van der Waals surface area contributed by atoms with Crippen molar-refractivity contribution in [3.63, 3.8) is 0 Å². The number of carbonyl (C=O) groups is 2. The van der Waals surface area contributed by atoms with E-state index in [9.17, 15) is 9.59 Å². The highest BCUT2D eigenvalue weighted by atomic mass is 16.6. The van der Waals surface area contributed by atoms with Gasteiger partial charge in [-0.25, -0.2) is 9.59 Å². The minimum Gasteiger partial charge on any atom is -0.445 e. The molecule has 0 unspecified atom stereocenters. The minimum atomic E-state index is -0.337. The summed E-state index contributed by atoms with van der Waals surface area (Å²) in [6.07, 6.45) is 6.67. The summed E-state index contributed by atoms with van der Waals surface area (Å²) in [6, 6.07) is 40.8. The summed E-state index contributed by atoms with van der Waals surface area (Å²) in [5.41, 5.74) is 10.4. The lowest BCUT2D eigenvalue weighted by Gasteiger charge is -2.26. The number of nitrogens with two attached hydrogens (primary N) is 1. The molecule has 0 aliphatic heterocycles. The summed E-state index contributed by atoms with van der Waals surface area (Å²) in [5.74, 6) is 0. The Morgan fingerprint density at radius 2 is 0.769 bits per heavy atom. The highest BCUT2D eigenvalue weighted by molar-refractivity contribution is 5.68. The molecule has 0 radical (unpaired) electrons. The second kappa shape index (κ2) is 24.5. The zero-order valence-corrected chi connectivity index (χ0v) is 30.8. The third-order valence-corrected chi connectivity index (χ3v) is 9.13. The largest absolute Gasteiger partial charge is 0.445 e. The number of carbonyl (C=O) groups excluding carboxylic acids is 2. The predicted octanol–water partition coefficient (Wildman–Crippen LogP) is 8.35. The van der Waals surface area contributed by atoms with Crippen LogP contribution in [-0.4, -0.2) is 79.2 Å². The van der Waals surface area contributed by atoms with Crippen molar-refractivity contribution >= 4 is 12.2 Å². The van der Waals surface area contributed by atoms with Crippen molar-refractivity contribution in [2.75, 3.05) is 52.4 Å². The van der Waals surface area contributed by atoms with Crippen LogP contribution in [0.3, 0.4) is 0 Å². The van der Waals surface area contributed by atoms with Crippen LogP contribution in [0.4, 0.5) is 9.59 Å². The zero-order chi connectivity index (χ0) is 36.5. The number of hydrogen-bond donors (Lipinski definition) is 1. The Bertz CT molecular complexity index is 1460. The molecular formula is C44H58N4O4. The molecule has 0 aliphatic rings. The zero-order valence-electron chi connectivity index (χ0n) is 30.8. The third-order valence-electron chi connectivity index (χ3n) is 9.13. The van der Waals surface area contributed by atoms with E-state index in [1.54, 1.807) is 4.90 Å². The van der Waals surface area contributed by atoms with Crippen LogP contribution in [0.2, 0.25) is 0 Å². The first kappa shape index (κ1) is 40.1. The van der Waals surface area contributed by atoms with Crippen LogP contribution in [0, 0.1) is 0 Å². The molecule has 0 spiro atoms. The van der Waals surface area contributed by atoms with Crippen molar-refractivity contribution in [3.8, 4) is 0 Å². The Kier molecular flexibility index (Phi) is 18.9. The first-order chi connectivity index (χ1) is 25.6. The Hall–Kier alpha value is -4.66. The molecule has 278 valence electrons. The Morgan fingerprint density at radius 1 is 0.423 bits per heavy atom. The lowest BCUT2D eigenvalue weighted by atomic mass is 10.1. The molecular weight excluding hydrogens is 649 g/mol. The minimum absolute atomic E-state index is 0.232. The van der Waals surface area contributed by atoms with Crippen molar-refractivity contribution < 1.29 is 19.1 Å². The van der Waals surface area contributed by atoms with Gasteiger partial charge in [0.1, 0.15) is 13.2 Å². The average Bonchev–Trinajstić information content (AvgIpc) is 3.19. The normalized spacial score (nSPS) is 11.0. The van der Waals surface area contributed by atoms with E-state index in [4.69, 9.17) is 15.2 Å². The molecule has 2 amide bonds. The Labute approximate surface area is 311 Å². The van der Waals surface area contributed by atoms with E-state index in [0.717, 1.165) is 75.7 Å². The van der Waals surface area contributed by atoms with E-state index in [2.05, 4.69) is 65.6 Å². The number of aryl methyl sites for hydroxylation is 2. The van der Waals surface area contributed by atoms with Gasteiger partial charge in [0, 0.05) is 26.2 Å². The van der Waals surface area contributed by atoms with Crippen LogP contribution in [-0.2, 0) is 35.5 Å². The van der Waals surface area contributed by atoms with Crippen molar-refractivity contribution in [1.29, 1.82) is 0 Å². The summed E-state index contributed by atoms with van der Waals surface area (Å²) in [5, 5.41) is 0. The molecule has 0 bridgehead atoms. The van der Waals surface area contributed by atoms with Gasteiger partial charge in [-0.15, -0.1) is 0 Å². The van der Waals surface area contributed by atoms with Crippen LogP contribution in [0.1, 0.15) is 60.8 Å². The SMILES string of the molecule is NCCCN(CCCCN(CCCN(CCCc1ccccc1)CCCc1ccccc1)C(=O)OCc1ccccc1)C(=O)OCc1ccccc1. The van der Waals surface area contributed by atoms with E-state index in [0.29, 0.717) is 39.1 Å². The van der Waals surface area contributed by atoms with Gasteiger partial charge < -0.3 is 29.9 Å². The second-order valence-electron chi connectivity index (χ2n) is 13.3. The van der Waals surface area contributed by atoms with Gasteiger partial charge in [-0.2, -0.15) is 0 Å². The lowest BCUT2D eigenvalue weighted by molar-refractivity contribution is 0.0888. The van der Waals surface area contributed by atoms with Crippen molar-refractivity contribution in [1.82, 2.24) is 14.7 Å². The number of unbranched alkanes of at least 4 members (excludes halogenated alkanes) is 1. The van der Waals surface area contributed by atoms with Gasteiger partial charge in [0.25, 0.3) is 0 Å². The van der Waals surface area contributed by atoms with Gasteiger partial charge in [0.15, 0.2) is 0 Å². The smallest absolute Gasteiger partial charge is 0.410 e. The van der Waals surface area contributed by atoms with Crippen molar-refractivity contribution in [2.24, 2.45) is 5.73 Å². The van der Waals surface area contributed by atoms with Crippen molar-refractivity contribution in [3.05, 3.63) is 144 Å². The molecule has 0 saturated heterocycles. The fourth-order valence-electron chi connectivity index (χ4n) is 6.22. The maximum atomic E-state index is 13.4. The van der Waals surface area contributed by atoms with E-state index in [1.165, 1.54) is 11.1 Å².